The first-order valence-electron chi connectivity index (χ1n) is 6.91. The highest BCUT2D eigenvalue weighted by molar-refractivity contribution is 7.80. The Labute approximate surface area is 149 Å². The van der Waals surface area contributed by atoms with Crippen LogP contribution < -0.4 is 16.2 Å². The van der Waals surface area contributed by atoms with Crippen LogP contribution in [0.4, 0.5) is 5.69 Å². The molecule has 0 aromatic heterocycles. The van der Waals surface area contributed by atoms with Gasteiger partial charge in [-0.3, -0.25) is 15.4 Å². The minimum Gasteiger partial charge on any atom is -0.331 e. The van der Waals surface area contributed by atoms with Crippen LogP contribution in [0, 0.1) is 6.92 Å². The van der Waals surface area contributed by atoms with E-state index in [1.165, 1.54) is 0 Å². The number of halogens is 1. The minimum atomic E-state index is -0.586. The number of anilines is 1. The Morgan fingerprint density at radius 3 is 2.25 bits per heavy atom. The number of rotatable bonds is 4. The van der Waals surface area contributed by atoms with E-state index in [9.17, 15) is 4.79 Å². The van der Waals surface area contributed by atoms with Gasteiger partial charge in [-0.25, -0.2) is 5.48 Å². The van der Waals surface area contributed by atoms with E-state index in [1.807, 2.05) is 31.2 Å². The molecule has 0 spiro atoms. The lowest BCUT2D eigenvalue weighted by atomic mass is 10.2. The van der Waals surface area contributed by atoms with E-state index in [0.29, 0.717) is 11.3 Å². The molecule has 0 atom stereocenters. The Bertz CT molecular complexity index is 761. The van der Waals surface area contributed by atoms with Crippen molar-refractivity contribution in [3.63, 3.8) is 0 Å². The molecule has 2 rings (SSSR count). The summed E-state index contributed by atoms with van der Waals surface area (Å²) >= 11 is 11.2. The van der Waals surface area contributed by atoms with Gasteiger partial charge < -0.3 is 5.32 Å². The SMILES string of the molecule is Cc1ccc(/C(Cl)=N/NC(=S)Nc2ccc(C(=O)NO)cc2)cc1. The van der Waals surface area contributed by atoms with E-state index in [4.69, 9.17) is 29.0 Å². The zero-order chi connectivity index (χ0) is 17.5. The fourth-order valence-corrected chi connectivity index (χ4v) is 2.12. The minimum absolute atomic E-state index is 0.250. The molecule has 0 aliphatic carbocycles. The van der Waals surface area contributed by atoms with Crippen LogP contribution in [0.2, 0.25) is 0 Å². The smallest absolute Gasteiger partial charge is 0.274 e. The number of nitrogens with zero attached hydrogens (tertiary/aromatic N) is 1. The van der Waals surface area contributed by atoms with Gasteiger partial charge in [0.1, 0.15) is 0 Å². The number of carbonyl (C=O) groups excluding carboxylic acids is 1. The maximum Gasteiger partial charge on any atom is 0.274 e. The highest BCUT2D eigenvalue weighted by Crippen LogP contribution is 2.10. The van der Waals surface area contributed by atoms with E-state index in [1.54, 1.807) is 29.7 Å². The van der Waals surface area contributed by atoms with Crippen LogP contribution in [0.15, 0.2) is 53.6 Å². The third kappa shape index (κ3) is 5.02. The lowest BCUT2D eigenvalue weighted by Gasteiger charge is -2.08. The van der Waals surface area contributed by atoms with Crippen LogP contribution in [0.3, 0.4) is 0 Å². The molecule has 4 N–H and O–H groups in total. The van der Waals surface area contributed by atoms with Crippen molar-refractivity contribution in [3.8, 4) is 0 Å². The van der Waals surface area contributed by atoms with Gasteiger partial charge in [0.2, 0.25) is 0 Å². The number of aryl methyl sites for hydroxylation is 1. The maximum absolute atomic E-state index is 11.2. The predicted molar refractivity (Wildman–Crippen MR) is 98.6 cm³/mol. The van der Waals surface area contributed by atoms with Crippen molar-refractivity contribution < 1.29 is 10.0 Å². The number of nitrogens with one attached hydrogen (secondary N) is 3. The summed E-state index contributed by atoms with van der Waals surface area (Å²) in [6, 6.07) is 14.0. The zero-order valence-electron chi connectivity index (χ0n) is 12.7. The molecule has 0 bridgehead atoms. The molecule has 1 amide bonds. The van der Waals surface area contributed by atoms with E-state index in [0.717, 1.165) is 11.1 Å². The molecule has 0 fully saturated rings. The largest absolute Gasteiger partial charge is 0.331 e. The Morgan fingerprint density at radius 1 is 1.08 bits per heavy atom. The van der Waals surface area contributed by atoms with Gasteiger partial charge in [0, 0.05) is 16.8 Å². The first-order valence-corrected chi connectivity index (χ1v) is 7.70. The number of hydrogen-bond acceptors (Lipinski definition) is 4. The average molecular weight is 363 g/mol. The molecule has 0 radical (unpaired) electrons. The molecule has 0 heterocycles. The lowest BCUT2D eigenvalue weighted by molar-refractivity contribution is 0.0706. The van der Waals surface area contributed by atoms with Crippen LogP contribution in [0.25, 0.3) is 0 Å². The first-order chi connectivity index (χ1) is 11.5. The molecule has 0 unspecified atom stereocenters. The second-order valence-corrected chi connectivity index (χ2v) is 5.62. The van der Waals surface area contributed by atoms with Gasteiger partial charge in [-0.15, -0.1) is 0 Å². The Kier molecular flexibility index (Phi) is 6.25. The van der Waals surface area contributed by atoms with Gasteiger partial charge in [0.15, 0.2) is 10.3 Å². The quantitative estimate of drug-likeness (QED) is 0.291. The topological polar surface area (TPSA) is 85.8 Å². The highest BCUT2D eigenvalue weighted by atomic mass is 35.5. The van der Waals surface area contributed by atoms with Crippen molar-refractivity contribution in [3.05, 3.63) is 65.2 Å². The second kappa shape index (κ2) is 8.39. The summed E-state index contributed by atoms with van der Waals surface area (Å²) in [6.45, 7) is 1.99. The normalized spacial score (nSPS) is 10.9. The van der Waals surface area contributed by atoms with Crippen molar-refractivity contribution in [2.45, 2.75) is 6.92 Å². The molecule has 124 valence electrons. The predicted octanol–water partition coefficient (Wildman–Crippen LogP) is 3.00. The van der Waals surface area contributed by atoms with Crippen LogP contribution >= 0.6 is 23.8 Å². The zero-order valence-corrected chi connectivity index (χ0v) is 14.3. The number of benzene rings is 2. The molecular weight excluding hydrogens is 348 g/mol. The van der Waals surface area contributed by atoms with Crippen molar-refractivity contribution in [2.75, 3.05) is 5.32 Å². The standard InChI is InChI=1S/C16H15ClN4O2S/c1-10-2-4-11(5-3-10)14(17)19-20-16(24)18-13-8-6-12(7-9-13)15(22)21-23/h2-9,23H,1H3,(H,21,22)(H2,18,20,24)/b19-14-. The van der Waals surface area contributed by atoms with Gasteiger partial charge in [0.25, 0.3) is 5.91 Å². The third-order valence-corrected chi connectivity index (χ3v) is 3.55. The molecule has 6 nitrogen and oxygen atoms in total. The van der Waals surface area contributed by atoms with E-state index in [2.05, 4.69) is 15.8 Å². The van der Waals surface area contributed by atoms with E-state index < -0.39 is 5.91 Å². The summed E-state index contributed by atoms with van der Waals surface area (Å²) in [4.78, 5) is 11.2. The number of thiocarbonyl (C=S) groups is 1. The fraction of sp³-hybridized carbons (Fsp3) is 0.0625. The Balaban J connectivity index is 1.94. The van der Waals surface area contributed by atoms with Gasteiger partial charge in [-0.05, 0) is 43.4 Å². The first kappa shape index (κ1) is 17.9. The van der Waals surface area contributed by atoms with Gasteiger partial charge in [-0.1, -0.05) is 41.4 Å². The molecular formula is C16H15ClN4O2S. The molecule has 0 aliphatic heterocycles. The molecule has 8 heteroatoms. The molecule has 2 aromatic carbocycles. The molecule has 0 aliphatic rings. The number of hydroxylamine groups is 1. The van der Waals surface area contributed by atoms with Gasteiger partial charge in [-0.2, -0.15) is 5.10 Å². The van der Waals surface area contributed by atoms with Crippen LogP contribution in [-0.2, 0) is 0 Å². The summed E-state index contributed by atoms with van der Waals surface area (Å²) < 4.78 is 0. The van der Waals surface area contributed by atoms with Crippen LogP contribution in [0.1, 0.15) is 21.5 Å². The summed E-state index contributed by atoms with van der Waals surface area (Å²) in [6.07, 6.45) is 0. The van der Waals surface area contributed by atoms with E-state index in [-0.39, 0.29) is 10.3 Å². The van der Waals surface area contributed by atoms with Gasteiger partial charge >= 0.3 is 0 Å². The summed E-state index contributed by atoms with van der Waals surface area (Å²) in [7, 11) is 0. The molecule has 24 heavy (non-hydrogen) atoms. The number of amides is 1. The van der Waals surface area contributed by atoms with Crippen LogP contribution in [-0.4, -0.2) is 21.4 Å². The summed E-state index contributed by atoms with van der Waals surface area (Å²) in [5.74, 6) is -0.586. The lowest BCUT2D eigenvalue weighted by Crippen LogP contribution is -2.24. The Morgan fingerprint density at radius 2 is 1.67 bits per heavy atom. The van der Waals surface area contributed by atoms with Crippen LogP contribution in [0.5, 0.6) is 0 Å². The number of carbonyl (C=O) groups is 1. The fourth-order valence-electron chi connectivity index (χ4n) is 1.78. The summed E-state index contributed by atoms with van der Waals surface area (Å²) in [5.41, 5.74) is 7.10. The number of hydrogen-bond donors (Lipinski definition) is 4. The van der Waals surface area contributed by atoms with Crippen molar-refractivity contribution in [2.24, 2.45) is 5.10 Å². The van der Waals surface area contributed by atoms with Crippen molar-refractivity contribution in [1.82, 2.24) is 10.9 Å². The Hall–Kier alpha value is -2.48. The number of hydrazone groups is 1. The van der Waals surface area contributed by atoms with Crippen molar-refractivity contribution in [1.29, 1.82) is 0 Å². The second-order valence-electron chi connectivity index (χ2n) is 4.85. The maximum atomic E-state index is 11.2. The molecule has 0 saturated carbocycles. The third-order valence-electron chi connectivity index (χ3n) is 3.05. The monoisotopic (exact) mass is 362 g/mol. The highest BCUT2D eigenvalue weighted by Gasteiger charge is 2.04. The average Bonchev–Trinajstić information content (AvgIpc) is 2.60. The molecule has 2 aromatic rings. The summed E-state index contributed by atoms with van der Waals surface area (Å²) in [5, 5.41) is 16.0. The van der Waals surface area contributed by atoms with E-state index >= 15 is 0 Å². The molecule has 0 saturated heterocycles. The van der Waals surface area contributed by atoms with Gasteiger partial charge in [0.05, 0.1) is 0 Å². The van der Waals surface area contributed by atoms with Crippen molar-refractivity contribution >= 4 is 45.7 Å².